The topological polar surface area (TPSA) is 63.6 Å². The second kappa shape index (κ2) is 25.6. The van der Waals surface area contributed by atoms with Crippen LogP contribution in [0.3, 0.4) is 0 Å². The van der Waals surface area contributed by atoms with Crippen LogP contribution in [-0.4, -0.2) is 34.4 Å². The summed E-state index contributed by atoms with van der Waals surface area (Å²) in [6.45, 7) is 2.58. The molecule has 0 aliphatic heterocycles. The maximum atomic E-state index is 11.6. The summed E-state index contributed by atoms with van der Waals surface area (Å²) in [4.78, 5) is 21.9. The molecule has 0 radical (unpaired) electrons. The van der Waals surface area contributed by atoms with Crippen molar-refractivity contribution in [3.63, 3.8) is 0 Å². The molecule has 0 aliphatic rings. The van der Waals surface area contributed by atoms with E-state index in [1.54, 1.807) is 12.1 Å². The molecule has 0 saturated heterocycles. The molecule has 0 aliphatic carbocycles. The van der Waals surface area contributed by atoms with Crippen molar-refractivity contribution in [2.45, 2.75) is 116 Å². The summed E-state index contributed by atoms with van der Waals surface area (Å²) in [6.07, 6.45) is 20.2. The molecule has 0 bridgehead atoms. The van der Waals surface area contributed by atoms with Crippen LogP contribution in [0.5, 0.6) is 0 Å². The van der Waals surface area contributed by atoms with Gasteiger partial charge in [-0.15, -0.1) is 0 Å². The van der Waals surface area contributed by atoms with Crippen LogP contribution in [-0.2, 0) is 16.1 Å². The number of carbonyl (C=O) groups is 2. The van der Waals surface area contributed by atoms with E-state index in [4.69, 9.17) is 9.84 Å². The van der Waals surface area contributed by atoms with E-state index in [1.165, 1.54) is 83.5 Å². The molecule has 2 aromatic carbocycles. The number of hydrogen-bond acceptors (Lipinski definition) is 3. The first-order chi connectivity index (χ1) is 17.6. The van der Waals surface area contributed by atoms with E-state index in [2.05, 4.69) is 6.92 Å². The number of benzene rings is 2. The van der Waals surface area contributed by atoms with E-state index in [-0.39, 0.29) is 23.3 Å². The van der Waals surface area contributed by atoms with E-state index in [9.17, 15) is 9.59 Å². The Hall–Kier alpha value is -2.09. The van der Waals surface area contributed by atoms with E-state index >= 15 is 0 Å². The molecule has 2 rings (SSSR count). The Morgan fingerprint density at radius 3 is 1.46 bits per heavy atom. The zero-order valence-electron chi connectivity index (χ0n) is 22.5. The normalized spacial score (nSPS) is 10.1. The Kier molecular flexibility index (Phi) is 24.1. The lowest BCUT2D eigenvalue weighted by Crippen LogP contribution is -2.04. The molecule has 0 unspecified atom stereocenters. The summed E-state index contributed by atoms with van der Waals surface area (Å²) in [6, 6.07) is 18.6. The molecule has 5 heteroatoms. The van der Waals surface area contributed by atoms with Crippen molar-refractivity contribution in [2.24, 2.45) is 0 Å². The number of esters is 1. The van der Waals surface area contributed by atoms with Gasteiger partial charge in [-0.25, -0.2) is 4.79 Å². The Morgan fingerprint density at radius 2 is 1.03 bits per heavy atom. The van der Waals surface area contributed by atoms with Gasteiger partial charge in [0.25, 0.3) is 0 Å². The molecule has 2 aromatic rings. The maximum absolute atomic E-state index is 11.6. The standard InChI is InChI=1S/C18H36O2.C14H12O2.Al.3H/c1-2-3-4-5-6-7-8-9-10-11-12-13-14-15-16-17-18(19)20;15-14(13-9-5-2-6-10-13)16-11-12-7-3-1-4-8-12;;;;/h2-17H2,1H3,(H,19,20);1-10H,11H2;;;;. The predicted octanol–water partition coefficient (Wildman–Crippen LogP) is 8.19. The number of carboxylic acid groups (broad SMARTS) is 1. The summed E-state index contributed by atoms with van der Waals surface area (Å²) in [5.74, 6) is -0.941. The van der Waals surface area contributed by atoms with Gasteiger partial charge in [0.1, 0.15) is 6.61 Å². The van der Waals surface area contributed by atoms with Gasteiger partial charge >= 0.3 is 11.9 Å². The molecule has 0 heterocycles. The first-order valence-corrected chi connectivity index (χ1v) is 14.1. The average Bonchev–Trinajstić information content (AvgIpc) is 2.91. The van der Waals surface area contributed by atoms with Crippen LogP contribution in [0.4, 0.5) is 0 Å². The average molecular weight is 527 g/mol. The second-order valence-corrected chi connectivity index (χ2v) is 9.52. The lowest BCUT2D eigenvalue weighted by Gasteiger charge is -2.04. The summed E-state index contributed by atoms with van der Waals surface area (Å²) in [5, 5.41) is 8.52. The number of ether oxygens (including phenoxy) is 1. The first kappa shape index (κ1) is 34.9. The van der Waals surface area contributed by atoms with Crippen LogP contribution in [0, 0.1) is 0 Å². The molecule has 37 heavy (non-hydrogen) atoms. The summed E-state index contributed by atoms with van der Waals surface area (Å²) in [5.41, 5.74) is 1.57. The Bertz CT molecular complexity index is 780. The molecule has 0 fully saturated rings. The van der Waals surface area contributed by atoms with Gasteiger partial charge in [-0.3, -0.25) is 4.79 Å². The highest BCUT2D eigenvalue weighted by molar-refractivity contribution is 5.89. The molecule has 4 nitrogen and oxygen atoms in total. The van der Waals surface area contributed by atoms with Crippen molar-refractivity contribution in [2.75, 3.05) is 0 Å². The van der Waals surface area contributed by atoms with Crippen LogP contribution in [0.25, 0.3) is 0 Å². The van der Waals surface area contributed by atoms with Crippen molar-refractivity contribution >= 4 is 29.3 Å². The second-order valence-electron chi connectivity index (χ2n) is 9.52. The number of carboxylic acids is 1. The number of carbonyl (C=O) groups excluding carboxylic acids is 1. The minimum absolute atomic E-state index is 0. The van der Waals surface area contributed by atoms with Crippen molar-refractivity contribution in [3.05, 3.63) is 71.8 Å². The van der Waals surface area contributed by atoms with E-state index in [0.29, 0.717) is 18.6 Å². The lowest BCUT2D eigenvalue weighted by molar-refractivity contribution is -0.137. The van der Waals surface area contributed by atoms with Crippen LogP contribution in [0.2, 0.25) is 0 Å². The Morgan fingerprint density at radius 1 is 0.622 bits per heavy atom. The molecule has 1 N–H and O–H groups in total. The maximum Gasteiger partial charge on any atom is 0.338 e. The Balaban J connectivity index is 0.000000694. The molecule has 0 amide bonds. The van der Waals surface area contributed by atoms with Gasteiger partial charge < -0.3 is 9.84 Å². The third kappa shape index (κ3) is 21.7. The molecular formula is C32H51AlO4. The minimum atomic E-state index is -0.653. The molecule has 206 valence electrons. The fourth-order valence-corrected chi connectivity index (χ4v) is 4.03. The quantitative estimate of drug-likeness (QED) is 0.114. The molecular weight excluding hydrogens is 475 g/mol. The van der Waals surface area contributed by atoms with Gasteiger partial charge in [-0.2, -0.15) is 0 Å². The molecule has 0 aromatic heterocycles. The monoisotopic (exact) mass is 526 g/mol. The summed E-state index contributed by atoms with van der Waals surface area (Å²) >= 11 is 0. The van der Waals surface area contributed by atoms with Crippen molar-refractivity contribution in [3.8, 4) is 0 Å². The van der Waals surface area contributed by atoms with Crippen LogP contribution in [0.15, 0.2) is 60.7 Å². The van der Waals surface area contributed by atoms with E-state index < -0.39 is 5.97 Å². The highest BCUT2D eigenvalue weighted by atomic mass is 27.0. The minimum Gasteiger partial charge on any atom is -0.481 e. The van der Waals surface area contributed by atoms with Gasteiger partial charge in [-0.05, 0) is 24.1 Å². The van der Waals surface area contributed by atoms with Gasteiger partial charge in [0.15, 0.2) is 17.4 Å². The fraction of sp³-hybridized carbons (Fsp3) is 0.562. The summed E-state index contributed by atoms with van der Waals surface area (Å²) in [7, 11) is 0. The van der Waals surface area contributed by atoms with Crippen molar-refractivity contribution < 1.29 is 19.4 Å². The number of aliphatic carboxylic acids is 1. The number of unbranched alkanes of at least 4 members (excludes halogenated alkanes) is 14. The lowest BCUT2D eigenvalue weighted by atomic mass is 10.0. The highest BCUT2D eigenvalue weighted by Gasteiger charge is 2.05. The predicted molar refractivity (Wildman–Crippen MR) is 159 cm³/mol. The Labute approximate surface area is 236 Å². The SMILES string of the molecule is CCCCCCCCCCCCCCCCCC(=O)O.O=C(OCc1ccccc1)c1ccccc1.[AlH3]. The third-order valence-electron chi connectivity index (χ3n) is 6.22. The van der Waals surface area contributed by atoms with Crippen molar-refractivity contribution in [1.82, 2.24) is 0 Å². The number of rotatable bonds is 19. The summed E-state index contributed by atoms with van der Waals surface area (Å²) < 4.78 is 5.18. The molecule has 0 saturated carbocycles. The zero-order chi connectivity index (χ0) is 26.1. The fourth-order valence-electron chi connectivity index (χ4n) is 4.03. The van der Waals surface area contributed by atoms with Gasteiger partial charge in [-0.1, -0.05) is 145 Å². The van der Waals surface area contributed by atoms with Crippen LogP contribution in [0.1, 0.15) is 126 Å². The first-order valence-electron chi connectivity index (χ1n) is 14.1. The molecule has 0 spiro atoms. The van der Waals surface area contributed by atoms with Gasteiger partial charge in [0.2, 0.25) is 0 Å². The molecule has 0 atom stereocenters. The van der Waals surface area contributed by atoms with E-state index in [1.807, 2.05) is 48.5 Å². The van der Waals surface area contributed by atoms with Crippen molar-refractivity contribution in [1.29, 1.82) is 0 Å². The highest BCUT2D eigenvalue weighted by Crippen LogP contribution is 2.13. The number of hydrogen-bond donors (Lipinski definition) is 1. The van der Waals surface area contributed by atoms with Gasteiger partial charge in [0.05, 0.1) is 5.56 Å². The van der Waals surface area contributed by atoms with Crippen LogP contribution < -0.4 is 0 Å². The smallest absolute Gasteiger partial charge is 0.338 e. The van der Waals surface area contributed by atoms with Gasteiger partial charge in [0, 0.05) is 6.42 Å². The van der Waals surface area contributed by atoms with Crippen LogP contribution >= 0.6 is 0 Å². The largest absolute Gasteiger partial charge is 0.481 e. The zero-order valence-corrected chi connectivity index (χ0v) is 22.5. The van der Waals surface area contributed by atoms with E-state index in [0.717, 1.165) is 18.4 Å². The third-order valence-corrected chi connectivity index (χ3v) is 6.22.